The van der Waals surface area contributed by atoms with Crippen LogP contribution >= 0.6 is 0 Å². The van der Waals surface area contributed by atoms with Crippen LogP contribution in [-0.2, 0) is 4.79 Å². The number of amides is 1. The minimum Gasteiger partial charge on any atom is -0.368 e. The minimum atomic E-state index is 0.0113. The number of carbonyl (C=O) groups is 1. The molecule has 102 valence electrons. The number of aromatic nitrogens is 4. The zero-order valence-corrected chi connectivity index (χ0v) is 10.7. The molecule has 0 spiro atoms. The third-order valence-corrected chi connectivity index (χ3v) is 2.52. The Bertz CT molecular complexity index is 565. The lowest BCUT2D eigenvalue weighted by Gasteiger charge is -2.07. The van der Waals surface area contributed by atoms with Crippen LogP contribution in [0.2, 0.25) is 0 Å². The fraction of sp³-hybridized carbons (Fsp3) is 0.455. The molecule has 0 aromatic carbocycles. The van der Waals surface area contributed by atoms with Gasteiger partial charge < -0.3 is 21.4 Å². The van der Waals surface area contributed by atoms with Gasteiger partial charge in [-0.05, 0) is 6.42 Å². The lowest BCUT2D eigenvalue weighted by molar-refractivity contribution is -0.120. The summed E-state index contributed by atoms with van der Waals surface area (Å²) in [6.07, 6.45) is 2.83. The fourth-order valence-electron chi connectivity index (χ4n) is 1.63. The van der Waals surface area contributed by atoms with Crippen molar-refractivity contribution in [1.82, 2.24) is 25.3 Å². The van der Waals surface area contributed by atoms with Crippen molar-refractivity contribution in [3.8, 4) is 0 Å². The molecule has 0 fully saturated rings. The second-order valence-corrected chi connectivity index (χ2v) is 4.06. The lowest BCUT2D eigenvalue weighted by Crippen LogP contribution is -2.26. The van der Waals surface area contributed by atoms with Crippen molar-refractivity contribution in [1.29, 1.82) is 0 Å². The monoisotopic (exact) mass is 263 g/mol. The van der Waals surface area contributed by atoms with Gasteiger partial charge >= 0.3 is 0 Å². The van der Waals surface area contributed by atoms with Crippen molar-refractivity contribution < 1.29 is 4.79 Å². The summed E-state index contributed by atoms with van der Waals surface area (Å²) in [5.74, 6) is 0.720. The largest absolute Gasteiger partial charge is 0.368 e. The van der Waals surface area contributed by atoms with Crippen molar-refractivity contribution in [3.05, 3.63) is 6.33 Å². The molecule has 2 heterocycles. The number of aromatic amines is 1. The number of anilines is 2. The van der Waals surface area contributed by atoms with Gasteiger partial charge in [-0.15, -0.1) is 0 Å². The highest BCUT2D eigenvalue weighted by molar-refractivity contribution is 5.83. The van der Waals surface area contributed by atoms with E-state index in [9.17, 15) is 4.79 Å². The molecule has 2 rings (SSSR count). The van der Waals surface area contributed by atoms with Gasteiger partial charge in [0, 0.05) is 19.5 Å². The Hall–Kier alpha value is -2.38. The van der Waals surface area contributed by atoms with Crippen LogP contribution in [-0.4, -0.2) is 38.9 Å². The highest BCUT2D eigenvalue weighted by atomic mass is 16.1. The Kier molecular flexibility index (Phi) is 4.11. The van der Waals surface area contributed by atoms with E-state index >= 15 is 0 Å². The number of imidazole rings is 1. The number of nitrogens with one attached hydrogen (secondary N) is 3. The number of hydrogen-bond donors (Lipinski definition) is 4. The molecule has 0 radical (unpaired) electrons. The standard InChI is InChI=1S/C11H17N7O/c1-2-4-13-7(19)3-5-14-9-8-10(16-6-15-8)18-11(12)17-9/h6H,2-5H2,1H3,(H,13,19)(H4,12,14,15,16,17,18). The first-order chi connectivity index (χ1) is 9.20. The Morgan fingerprint density at radius 2 is 2.26 bits per heavy atom. The number of rotatable bonds is 6. The summed E-state index contributed by atoms with van der Waals surface area (Å²) in [6, 6.07) is 0. The summed E-state index contributed by atoms with van der Waals surface area (Å²) < 4.78 is 0. The van der Waals surface area contributed by atoms with Crippen LogP contribution in [0.25, 0.3) is 11.2 Å². The summed E-state index contributed by atoms with van der Waals surface area (Å²) in [4.78, 5) is 26.5. The van der Waals surface area contributed by atoms with Gasteiger partial charge in [-0.25, -0.2) is 4.98 Å². The van der Waals surface area contributed by atoms with Crippen LogP contribution in [0.3, 0.4) is 0 Å². The molecule has 5 N–H and O–H groups in total. The SMILES string of the molecule is CCCNC(=O)CCNc1nc(N)nc2nc[nH]c12. The third kappa shape index (κ3) is 3.30. The van der Waals surface area contributed by atoms with E-state index in [-0.39, 0.29) is 11.9 Å². The second-order valence-electron chi connectivity index (χ2n) is 4.06. The maximum absolute atomic E-state index is 11.4. The highest BCUT2D eigenvalue weighted by Gasteiger charge is 2.08. The molecule has 0 atom stereocenters. The van der Waals surface area contributed by atoms with E-state index in [0.29, 0.717) is 36.5 Å². The number of hydrogen-bond acceptors (Lipinski definition) is 6. The van der Waals surface area contributed by atoms with E-state index in [2.05, 4.69) is 30.6 Å². The average Bonchev–Trinajstić information content (AvgIpc) is 2.84. The molecule has 0 bridgehead atoms. The van der Waals surface area contributed by atoms with Crippen LogP contribution in [0.5, 0.6) is 0 Å². The molecule has 1 amide bonds. The minimum absolute atomic E-state index is 0.0113. The Morgan fingerprint density at radius 3 is 3.05 bits per heavy atom. The van der Waals surface area contributed by atoms with E-state index in [1.807, 2.05) is 6.92 Å². The van der Waals surface area contributed by atoms with Crippen LogP contribution < -0.4 is 16.4 Å². The molecule has 19 heavy (non-hydrogen) atoms. The predicted octanol–water partition coefficient (Wildman–Crippen LogP) is 0.263. The third-order valence-electron chi connectivity index (χ3n) is 2.52. The number of nitrogens with two attached hydrogens (primary N) is 1. The normalized spacial score (nSPS) is 10.6. The van der Waals surface area contributed by atoms with Crippen molar-refractivity contribution in [2.45, 2.75) is 19.8 Å². The van der Waals surface area contributed by atoms with E-state index in [1.165, 1.54) is 6.33 Å². The number of carbonyl (C=O) groups excluding carboxylic acids is 1. The van der Waals surface area contributed by atoms with Crippen molar-refractivity contribution in [3.63, 3.8) is 0 Å². The van der Waals surface area contributed by atoms with Gasteiger partial charge in [0.2, 0.25) is 11.9 Å². The summed E-state index contributed by atoms with van der Waals surface area (Å²) in [7, 11) is 0. The van der Waals surface area contributed by atoms with Gasteiger partial charge in [0.05, 0.1) is 6.33 Å². The molecular weight excluding hydrogens is 246 g/mol. The molecule has 0 unspecified atom stereocenters. The second kappa shape index (κ2) is 5.98. The van der Waals surface area contributed by atoms with Gasteiger partial charge in [0.1, 0.15) is 5.52 Å². The zero-order valence-electron chi connectivity index (χ0n) is 10.7. The average molecular weight is 263 g/mol. The maximum Gasteiger partial charge on any atom is 0.224 e. The summed E-state index contributed by atoms with van der Waals surface area (Å²) in [6.45, 7) is 3.18. The number of nitrogens with zero attached hydrogens (tertiary/aromatic N) is 3. The maximum atomic E-state index is 11.4. The molecule has 0 saturated heterocycles. The van der Waals surface area contributed by atoms with Crippen LogP contribution in [0, 0.1) is 0 Å². The molecular formula is C11H17N7O. The number of fused-ring (bicyclic) bond motifs is 1. The zero-order chi connectivity index (χ0) is 13.7. The first-order valence-electron chi connectivity index (χ1n) is 6.18. The summed E-state index contributed by atoms with van der Waals surface area (Å²) >= 11 is 0. The smallest absolute Gasteiger partial charge is 0.224 e. The first kappa shape index (κ1) is 13.1. The van der Waals surface area contributed by atoms with Gasteiger partial charge in [-0.3, -0.25) is 4.79 Å². The Morgan fingerprint density at radius 1 is 1.42 bits per heavy atom. The summed E-state index contributed by atoms with van der Waals surface area (Å²) in [5, 5.41) is 5.86. The van der Waals surface area contributed by atoms with Crippen molar-refractivity contribution in [2.24, 2.45) is 0 Å². The highest BCUT2D eigenvalue weighted by Crippen LogP contribution is 2.16. The molecule has 2 aromatic rings. The van der Waals surface area contributed by atoms with Crippen molar-refractivity contribution >= 4 is 28.8 Å². The first-order valence-corrected chi connectivity index (χ1v) is 6.18. The number of H-pyrrole nitrogens is 1. The van der Waals surface area contributed by atoms with E-state index in [1.54, 1.807) is 0 Å². The van der Waals surface area contributed by atoms with Crippen LogP contribution in [0.4, 0.5) is 11.8 Å². The van der Waals surface area contributed by atoms with Gasteiger partial charge in [0.15, 0.2) is 11.5 Å². The molecule has 0 aliphatic rings. The number of nitrogen functional groups attached to an aromatic ring is 1. The van der Waals surface area contributed by atoms with Gasteiger partial charge in [-0.1, -0.05) is 6.92 Å². The fourth-order valence-corrected chi connectivity index (χ4v) is 1.63. The topological polar surface area (TPSA) is 122 Å². The van der Waals surface area contributed by atoms with E-state index < -0.39 is 0 Å². The van der Waals surface area contributed by atoms with E-state index in [0.717, 1.165) is 6.42 Å². The molecule has 0 saturated carbocycles. The Balaban J connectivity index is 1.94. The molecule has 2 aromatic heterocycles. The quantitative estimate of drug-likeness (QED) is 0.593. The Labute approximate surface area is 110 Å². The van der Waals surface area contributed by atoms with E-state index in [4.69, 9.17) is 5.73 Å². The summed E-state index contributed by atoms with van der Waals surface area (Å²) in [5.41, 5.74) is 6.77. The van der Waals surface area contributed by atoms with Crippen molar-refractivity contribution in [2.75, 3.05) is 24.1 Å². The molecule has 0 aliphatic carbocycles. The molecule has 0 aliphatic heterocycles. The van der Waals surface area contributed by atoms with Crippen LogP contribution in [0.1, 0.15) is 19.8 Å². The molecule has 8 nitrogen and oxygen atoms in total. The molecule has 8 heteroatoms. The lowest BCUT2D eigenvalue weighted by atomic mass is 10.3. The van der Waals surface area contributed by atoms with Crippen LogP contribution in [0.15, 0.2) is 6.33 Å². The van der Waals surface area contributed by atoms with Gasteiger partial charge in [-0.2, -0.15) is 9.97 Å². The predicted molar refractivity (Wildman–Crippen MR) is 72.5 cm³/mol. The van der Waals surface area contributed by atoms with Gasteiger partial charge in [0.25, 0.3) is 0 Å².